The molecule has 0 aliphatic carbocycles. The van der Waals surface area contributed by atoms with Crippen molar-refractivity contribution in [3.63, 3.8) is 0 Å². The van der Waals surface area contributed by atoms with Crippen LogP contribution in [-0.4, -0.2) is 60.1 Å². The van der Waals surface area contributed by atoms with Gasteiger partial charge in [-0.05, 0) is 0 Å². The summed E-state index contributed by atoms with van der Waals surface area (Å²) in [6.45, 7) is 4.92. The first-order valence-electron chi connectivity index (χ1n) is 6.51. The van der Waals surface area contributed by atoms with Crippen LogP contribution in [0.4, 0.5) is 10.9 Å². The summed E-state index contributed by atoms with van der Waals surface area (Å²) in [5, 5.41) is 4.24. The zero-order chi connectivity index (χ0) is 14.5. The molecule has 112 valence electrons. The Bertz CT molecular complexity index is 466. The number of nitrogens with two attached hydrogens (primary N) is 1. The molecule has 1 unspecified atom stereocenters. The number of thioether (sulfide) groups is 1. The molecular formula is C12H20N4O2S2. The predicted molar refractivity (Wildman–Crippen MR) is 84.7 cm³/mol. The van der Waals surface area contributed by atoms with Gasteiger partial charge in [-0.2, -0.15) is 11.8 Å². The van der Waals surface area contributed by atoms with Crippen molar-refractivity contribution in [2.45, 2.75) is 12.2 Å². The number of nitrogens with one attached hydrogen (secondary N) is 1. The average Bonchev–Trinajstić information content (AvgIpc) is 2.79. The fourth-order valence-electron chi connectivity index (χ4n) is 1.97. The molecule has 0 aromatic carbocycles. The van der Waals surface area contributed by atoms with E-state index >= 15 is 0 Å². The van der Waals surface area contributed by atoms with Gasteiger partial charge in [-0.15, -0.1) is 0 Å². The summed E-state index contributed by atoms with van der Waals surface area (Å²) in [5.41, 5.74) is 5.86. The molecule has 0 bridgehead atoms. The van der Waals surface area contributed by atoms with E-state index in [1.54, 1.807) is 7.11 Å². The molecule has 1 aromatic rings. The Morgan fingerprint density at radius 3 is 3.15 bits per heavy atom. The second-order valence-corrected chi connectivity index (χ2v) is 7.13. The zero-order valence-electron chi connectivity index (χ0n) is 11.7. The van der Waals surface area contributed by atoms with Gasteiger partial charge in [0.15, 0.2) is 5.13 Å². The number of aromatic nitrogens is 1. The highest BCUT2D eigenvalue weighted by Crippen LogP contribution is 2.28. The minimum absolute atomic E-state index is 0.00746. The largest absolute Gasteiger partial charge is 0.383 e. The number of nitrogen functional groups attached to an aromatic ring is 1. The maximum Gasteiger partial charge on any atom is 0.267 e. The fourth-order valence-corrected chi connectivity index (χ4v) is 3.86. The van der Waals surface area contributed by atoms with E-state index in [0.717, 1.165) is 18.8 Å². The van der Waals surface area contributed by atoms with Crippen LogP contribution in [0.2, 0.25) is 0 Å². The third-order valence-electron chi connectivity index (χ3n) is 2.96. The van der Waals surface area contributed by atoms with E-state index < -0.39 is 0 Å². The van der Waals surface area contributed by atoms with E-state index in [9.17, 15) is 4.79 Å². The summed E-state index contributed by atoms with van der Waals surface area (Å²) >= 11 is 3.21. The van der Waals surface area contributed by atoms with Gasteiger partial charge < -0.3 is 20.7 Å². The molecule has 1 saturated heterocycles. The Hall–Kier alpha value is -0.990. The lowest BCUT2D eigenvalue weighted by Crippen LogP contribution is -2.40. The van der Waals surface area contributed by atoms with Gasteiger partial charge in [0.2, 0.25) is 0 Å². The number of amides is 1. The smallest absolute Gasteiger partial charge is 0.267 e. The number of methoxy groups -OCH3 is 1. The van der Waals surface area contributed by atoms with Crippen molar-refractivity contribution in [2.24, 2.45) is 0 Å². The number of hydrogen-bond donors (Lipinski definition) is 2. The summed E-state index contributed by atoms with van der Waals surface area (Å²) in [7, 11) is 1.64. The van der Waals surface area contributed by atoms with Crippen LogP contribution in [0.3, 0.4) is 0 Å². The quantitative estimate of drug-likeness (QED) is 0.799. The molecule has 1 fully saturated rings. The number of ether oxygens (including phenoxy) is 1. The van der Waals surface area contributed by atoms with Crippen molar-refractivity contribution in [3.05, 3.63) is 4.88 Å². The molecule has 2 heterocycles. The number of carbonyl (C=O) groups excluding carboxylic acids is 1. The van der Waals surface area contributed by atoms with E-state index in [1.807, 2.05) is 16.7 Å². The molecule has 0 spiro atoms. The van der Waals surface area contributed by atoms with Gasteiger partial charge in [0, 0.05) is 37.7 Å². The minimum Gasteiger partial charge on any atom is -0.383 e. The Morgan fingerprint density at radius 2 is 2.45 bits per heavy atom. The van der Waals surface area contributed by atoms with Crippen molar-refractivity contribution in [1.29, 1.82) is 0 Å². The number of anilines is 2. The normalized spacial score (nSPS) is 19.1. The zero-order valence-corrected chi connectivity index (χ0v) is 13.4. The molecule has 1 amide bonds. The highest BCUT2D eigenvalue weighted by molar-refractivity contribution is 7.99. The summed E-state index contributed by atoms with van der Waals surface area (Å²) < 4.78 is 4.96. The lowest BCUT2D eigenvalue weighted by atomic mass is 10.3. The van der Waals surface area contributed by atoms with Crippen LogP contribution in [-0.2, 0) is 4.74 Å². The summed E-state index contributed by atoms with van der Waals surface area (Å²) in [6, 6.07) is 0. The minimum atomic E-state index is -0.00746. The van der Waals surface area contributed by atoms with E-state index in [0.29, 0.717) is 34.2 Å². The van der Waals surface area contributed by atoms with Crippen molar-refractivity contribution in [1.82, 2.24) is 9.88 Å². The van der Waals surface area contributed by atoms with Gasteiger partial charge >= 0.3 is 0 Å². The third-order valence-corrected chi connectivity index (χ3v) is 5.11. The molecule has 1 aromatic heterocycles. The SMILES string of the molecule is COCCNc1nc(N)c(C(=O)N2CCSC(C)C2)s1. The molecular weight excluding hydrogens is 296 g/mol. The standard InChI is InChI=1S/C12H20N4O2S2/c1-8-7-16(4-6-19-8)11(17)9-10(13)15-12(20-9)14-3-5-18-2/h8H,3-7,13H2,1-2H3,(H,14,15). The number of carbonyl (C=O) groups is 1. The maximum absolute atomic E-state index is 12.5. The van der Waals surface area contributed by atoms with Crippen LogP contribution < -0.4 is 11.1 Å². The monoisotopic (exact) mass is 316 g/mol. The molecule has 0 radical (unpaired) electrons. The predicted octanol–water partition coefficient (Wildman–Crippen LogP) is 1.36. The molecule has 2 rings (SSSR count). The van der Waals surface area contributed by atoms with Crippen LogP contribution >= 0.6 is 23.1 Å². The molecule has 8 heteroatoms. The Labute approximate surface area is 127 Å². The maximum atomic E-state index is 12.5. The molecule has 1 atom stereocenters. The molecule has 1 aliphatic rings. The number of nitrogens with zero attached hydrogens (tertiary/aromatic N) is 2. The van der Waals surface area contributed by atoms with Crippen LogP contribution in [0.25, 0.3) is 0 Å². The van der Waals surface area contributed by atoms with Crippen molar-refractivity contribution < 1.29 is 9.53 Å². The first-order chi connectivity index (χ1) is 9.61. The molecule has 20 heavy (non-hydrogen) atoms. The molecule has 6 nitrogen and oxygen atoms in total. The van der Waals surface area contributed by atoms with Gasteiger partial charge in [-0.25, -0.2) is 4.98 Å². The Kier molecular flexibility index (Phi) is 5.50. The van der Waals surface area contributed by atoms with E-state index in [1.165, 1.54) is 11.3 Å². The van der Waals surface area contributed by atoms with Gasteiger partial charge in [0.25, 0.3) is 5.91 Å². The highest BCUT2D eigenvalue weighted by Gasteiger charge is 2.26. The third kappa shape index (κ3) is 3.77. The van der Waals surface area contributed by atoms with Crippen LogP contribution in [0.5, 0.6) is 0 Å². The van der Waals surface area contributed by atoms with E-state index in [4.69, 9.17) is 10.5 Å². The Morgan fingerprint density at radius 1 is 1.65 bits per heavy atom. The van der Waals surface area contributed by atoms with Gasteiger partial charge in [-0.1, -0.05) is 18.3 Å². The summed E-state index contributed by atoms with van der Waals surface area (Å²) in [4.78, 5) is 19.1. The molecule has 3 N–H and O–H groups in total. The van der Waals surface area contributed by atoms with E-state index in [2.05, 4.69) is 17.2 Å². The van der Waals surface area contributed by atoms with Crippen LogP contribution in [0.1, 0.15) is 16.6 Å². The second-order valence-electron chi connectivity index (χ2n) is 4.59. The summed E-state index contributed by atoms with van der Waals surface area (Å²) in [5.74, 6) is 1.28. The van der Waals surface area contributed by atoms with Crippen molar-refractivity contribution in [3.8, 4) is 0 Å². The lowest BCUT2D eigenvalue weighted by Gasteiger charge is -2.30. The number of hydrogen-bond acceptors (Lipinski definition) is 7. The summed E-state index contributed by atoms with van der Waals surface area (Å²) in [6.07, 6.45) is 0. The average molecular weight is 316 g/mol. The van der Waals surface area contributed by atoms with Gasteiger partial charge in [0.05, 0.1) is 6.61 Å². The van der Waals surface area contributed by atoms with Crippen molar-refractivity contribution >= 4 is 40.0 Å². The first kappa shape index (κ1) is 15.4. The lowest BCUT2D eigenvalue weighted by molar-refractivity contribution is 0.0769. The second kappa shape index (κ2) is 7.14. The Balaban J connectivity index is 2.02. The highest BCUT2D eigenvalue weighted by atomic mass is 32.2. The van der Waals surface area contributed by atoms with Gasteiger partial charge in [0.1, 0.15) is 10.7 Å². The molecule has 0 saturated carbocycles. The van der Waals surface area contributed by atoms with Crippen LogP contribution in [0.15, 0.2) is 0 Å². The van der Waals surface area contributed by atoms with Crippen LogP contribution in [0, 0.1) is 0 Å². The first-order valence-corrected chi connectivity index (χ1v) is 8.38. The van der Waals surface area contributed by atoms with Crippen molar-refractivity contribution in [2.75, 3.05) is 50.2 Å². The fraction of sp³-hybridized carbons (Fsp3) is 0.667. The molecule has 1 aliphatic heterocycles. The van der Waals surface area contributed by atoms with E-state index in [-0.39, 0.29) is 5.91 Å². The number of thiazole rings is 1. The number of rotatable bonds is 5. The van der Waals surface area contributed by atoms with Gasteiger partial charge in [-0.3, -0.25) is 4.79 Å². The topological polar surface area (TPSA) is 80.5 Å².